The molecule has 0 aromatic heterocycles. The Morgan fingerprint density at radius 2 is 2.00 bits per heavy atom. The summed E-state index contributed by atoms with van der Waals surface area (Å²) in [6.45, 7) is 0.180. The molecule has 0 aliphatic heterocycles. The molecule has 0 radical (unpaired) electrons. The predicted octanol–water partition coefficient (Wildman–Crippen LogP) is 2.56. The lowest BCUT2D eigenvalue weighted by Gasteiger charge is -2.18. The van der Waals surface area contributed by atoms with Gasteiger partial charge in [0.15, 0.2) is 0 Å². The smallest absolute Gasteiger partial charge is 0.0620 e. The van der Waals surface area contributed by atoms with Crippen molar-refractivity contribution in [3.8, 4) is 0 Å². The van der Waals surface area contributed by atoms with E-state index in [9.17, 15) is 0 Å². The second-order valence-corrected chi connectivity index (χ2v) is 4.16. The van der Waals surface area contributed by atoms with Crippen LogP contribution in [0, 0.1) is 0 Å². The lowest BCUT2D eigenvalue weighted by molar-refractivity contribution is 0.343. The molecule has 0 amide bonds. The van der Waals surface area contributed by atoms with Crippen LogP contribution in [0.25, 0.3) is 0 Å². The van der Waals surface area contributed by atoms with Gasteiger partial charge in [0.1, 0.15) is 0 Å². The molecule has 0 aromatic carbocycles. The maximum Gasteiger partial charge on any atom is 0.0620 e. The molecule has 1 N–H and O–H groups in total. The van der Waals surface area contributed by atoms with Gasteiger partial charge < -0.3 is 5.11 Å². The van der Waals surface area contributed by atoms with Crippen LogP contribution in [0.2, 0.25) is 0 Å². The average molecular weight is 172 g/mol. The van der Waals surface area contributed by atoms with Gasteiger partial charge in [-0.25, -0.2) is 0 Å². The van der Waals surface area contributed by atoms with Gasteiger partial charge in [0, 0.05) is 5.25 Å². The van der Waals surface area contributed by atoms with E-state index in [4.69, 9.17) is 5.11 Å². The Kier molecular flexibility index (Phi) is 4.71. The molecular weight excluding hydrogens is 156 g/mol. The number of aliphatic hydroxyl groups excluding tert-OH is 1. The molecule has 0 heterocycles. The van der Waals surface area contributed by atoms with Crippen molar-refractivity contribution in [2.75, 3.05) is 6.61 Å². The van der Waals surface area contributed by atoms with E-state index in [0.717, 1.165) is 5.25 Å². The SMILES string of the molecule is OC/C=C\SC1CCCCC1. The average Bonchev–Trinajstić information content (AvgIpc) is 2.07. The highest BCUT2D eigenvalue weighted by atomic mass is 32.2. The van der Waals surface area contributed by atoms with Crippen LogP contribution in [0.1, 0.15) is 32.1 Å². The van der Waals surface area contributed by atoms with Crippen LogP contribution in [0.15, 0.2) is 11.5 Å². The van der Waals surface area contributed by atoms with Crippen molar-refractivity contribution in [1.82, 2.24) is 0 Å². The van der Waals surface area contributed by atoms with E-state index in [1.807, 2.05) is 23.2 Å². The van der Waals surface area contributed by atoms with E-state index >= 15 is 0 Å². The molecule has 1 saturated carbocycles. The van der Waals surface area contributed by atoms with Crippen molar-refractivity contribution in [2.24, 2.45) is 0 Å². The second kappa shape index (κ2) is 5.67. The number of rotatable bonds is 3. The van der Waals surface area contributed by atoms with Crippen LogP contribution in [-0.4, -0.2) is 17.0 Å². The monoisotopic (exact) mass is 172 g/mol. The highest BCUT2D eigenvalue weighted by Gasteiger charge is 2.11. The molecule has 0 bridgehead atoms. The highest BCUT2D eigenvalue weighted by molar-refractivity contribution is 8.02. The Morgan fingerprint density at radius 1 is 1.27 bits per heavy atom. The van der Waals surface area contributed by atoms with Gasteiger partial charge in [-0.15, -0.1) is 11.8 Å². The van der Waals surface area contributed by atoms with E-state index in [1.165, 1.54) is 32.1 Å². The standard InChI is InChI=1S/C9H16OS/c10-7-4-8-11-9-5-2-1-3-6-9/h4,8-10H,1-3,5-7H2/b8-4-. The zero-order valence-corrected chi connectivity index (χ0v) is 7.65. The molecule has 0 saturated heterocycles. The zero-order valence-electron chi connectivity index (χ0n) is 6.83. The fourth-order valence-electron chi connectivity index (χ4n) is 1.41. The first-order valence-corrected chi connectivity index (χ1v) is 5.29. The summed E-state index contributed by atoms with van der Waals surface area (Å²) in [7, 11) is 0. The van der Waals surface area contributed by atoms with Crippen molar-refractivity contribution < 1.29 is 5.11 Å². The summed E-state index contributed by atoms with van der Waals surface area (Å²) in [5.41, 5.74) is 0. The van der Waals surface area contributed by atoms with Crippen LogP contribution < -0.4 is 0 Å². The van der Waals surface area contributed by atoms with Crippen LogP contribution in [-0.2, 0) is 0 Å². The first kappa shape index (κ1) is 9.14. The van der Waals surface area contributed by atoms with Crippen LogP contribution in [0.3, 0.4) is 0 Å². The largest absolute Gasteiger partial charge is 0.392 e. The quantitative estimate of drug-likeness (QED) is 0.706. The minimum Gasteiger partial charge on any atom is -0.392 e. The maximum absolute atomic E-state index is 8.50. The summed E-state index contributed by atoms with van der Waals surface area (Å²) >= 11 is 1.88. The topological polar surface area (TPSA) is 20.2 Å². The first-order chi connectivity index (χ1) is 5.43. The van der Waals surface area contributed by atoms with Gasteiger partial charge in [-0.1, -0.05) is 25.3 Å². The molecule has 1 fully saturated rings. The Balaban J connectivity index is 2.09. The Morgan fingerprint density at radius 3 is 2.64 bits per heavy atom. The highest BCUT2D eigenvalue weighted by Crippen LogP contribution is 2.28. The molecule has 0 atom stereocenters. The number of hydrogen-bond acceptors (Lipinski definition) is 2. The Labute approximate surface area is 72.9 Å². The second-order valence-electron chi connectivity index (χ2n) is 2.95. The molecule has 11 heavy (non-hydrogen) atoms. The minimum atomic E-state index is 0.180. The van der Waals surface area contributed by atoms with Gasteiger partial charge in [-0.05, 0) is 18.2 Å². The van der Waals surface area contributed by atoms with Crippen LogP contribution in [0.5, 0.6) is 0 Å². The minimum absolute atomic E-state index is 0.180. The fraction of sp³-hybridized carbons (Fsp3) is 0.778. The van der Waals surface area contributed by atoms with E-state index in [2.05, 4.69) is 0 Å². The van der Waals surface area contributed by atoms with E-state index in [-0.39, 0.29) is 6.61 Å². The van der Waals surface area contributed by atoms with Crippen molar-refractivity contribution in [3.63, 3.8) is 0 Å². The lowest BCUT2D eigenvalue weighted by atomic mass is 10.0. The maximum atomic E-state index is 8.50. The number of hydrogen-bond donors (Lipinski definition) is 1. The molecule has 1 aliphatic rings. The molecule has 2 heteroatoms. The molecule has 0 aromatic rings. The molecule has 1 nitrogen and oxygen atoms in total. The summed E-state index contributed by atoms with van der Waals surface area (Å²) in [5.74, 6) is 0. The Bertz CT molecular complexity index is 117. The van der Waals surface area contributed by atoms with Gasteiger partial charge in [-0.3, -0.25) is 0 Å². The van der Waals surface area contributed by atoms with E-state index < -0.39 is 0 Å². The molecule has 0 unspecified atom stereocenters. The predicted molar refractivity (Wildman–Crippen MR) is 50.7 cm³/mol. The third kappa shape index (κ3) is 3.82. The summed E-state index contributed by atoms with van der Waals surface area (Å²) in [6.07, 6.45) is 8.75. The van der Waals surface area contributed by atoms with Crippen LogP contribution >= 0.6 is 11.8 Å². The van der Waals surface area contributed by atoms with Gasteiger partial charge in [0.05, 0.1) is 6.61 Å². The van der Waals surface area contributed by atoms with Crippen molar-refractivity contribution in [1.29, 1.82) is 0 Å². The van der Waals surface area contributed by atoms with E-state index in [0.29, 0.717) is 0 Å². The first-order valence-electron chi connectivity index (χ1n) is 4.35. The molecule has 64 valence electrons. The van der Waals surface area contributed by atoms with Gasteiger partial charge in [0.25, 0.3) is 0 Å². The van der Waals surface area contributed by atoms with Crippen LogP contribution in [0.4, 0.5) is 0 Å². The van der Waals surface area contributed by atoms with Crippen molar-refractivity contribution >= 4 is 11.8 Å². The summed E-state index contributed by atoms with van der Waals surface area (Å²) in [5, 5.41) is 11.4. The lowest BCUT2D eigenvalue weighted by Crippen LogP contribution is -2.06. The van der Waals surface area contributed by atoms with E-state index in [1.54, 1.807) is 0 Å². The van der Waals surface area contributed by atoms with Crippen molar-refractivity contribution in [2.45, 2.75) is 37.4 Å². The van der Waals surface area contributed by atoms with Gasteiger partial charge in [-0.2, -0.15) is 0 Å². The summed E-state index contributed by atoms with van der Waals surface area (Å²) in [6, 6.07) is 0. The molecule has 1 aliphatic carbocycles. The van der Waals surface area contributed by atoms with Gasteiger partial charge >= 0.3 is 0 Å². The molecule has 0 spiro atoms. The summed E-state index contributed by atoms with van der Waals surface area (Å²) < 4.78 is 0. The van der Waals surface area contributed by atoms with Crippen molar-refractivity contribution in [3.05, 3.63) is 11.5 Å². The third-order valence-electron chi connectivity index (χ3n) is 2.02. The normalized spacial score (nSPS) is 21.2. The van der Waals surface area contributed by atoms with Gasteiger partial charge in [0.2, 0.25) is 0 Å². The Hall–Kier alpha value is 0.0500. The fourth-order valence-corrected chi connectivity index (χ4v) is 2.44. The zero-order chi connectivity index (χ0) is 7.94. The molecule has 1 rings (SSSR count). The summed E-state index contributed by atoms with van der Waals surface area (Å²) in [4.78, 5) is 0. The number of aliphatic hydroxyl groups is 1. The third-order valence-corrected chi connectivity index (χ3v) is 3.23. The number of thioether (sulfide) groups is 1. The molecular formula is C9H16OS.